The Morgan fingerprint density at radius 2 is 1.43 bits per heavy atom. The van der Waals surface area contributed by atoms with Crippen LogP contribution in [-0.4, -0.2) is 87.2 Å². The average molecular weight is 883 g/mol. The molecule has 6 aromatic rings. The first-order valence-electron chi connectivity index (χ1n) is 19.7. The van der Waals surface area contributed by atoms with E-state index in [4.69, 9.17) is 14.5 Å². The number of carbonyl (C=O) groups is 2. The van der Waals surface area contributed by atoms with Gasteiger partial charge in [0.1, 0.15) is 26.3 Å². The molecule has 1 aliphatic rings. The fraction of sp³-hybridized carbons (Fsp3) is 0.250. The molecule has 14 nitrogen and oxygen atoms in total. The monoisotopic (exact) mass is 882 g/mol. The number of nitrogens with one attached hydrogen (secondary N) is 2. The maximum Gasteiger partial charge on any atom is 0.255 e. The molecule has 2 N–H and O–H groups in total. The molecule has 0 unspecified atom stereocenters. The van der Waals surface area contributed by atoms with Gasteiger partial charge in [0, 0.05) is 84.6 Å². The lowest BCUT2D eigenvalue weighted by atomic mass is 10.1. The van der Waals surface area contributed by atoms with Crippen molar-refractivity contribution in [2.75, 3.05) is 51.0 Å². The van der Waals surface area contributed by atoms with Crippen molar-refractivity contribution in [2.45, 2.75) is 42.4 Å². The molecule has 1 aliphatic heterocycles. The van der Waals surface area contributed by atoms with Crippen LogP contribution in [0.5, 0.6) is 11.5 Å². The number of ether oxygens (including phenoxy) is 2. The van der Waals surface area contributed by atoms with Crippen molar-refractivity contribution in [3.8, 4) is 27.8 Å². The van der Waals surface area contributed by atoms with Crippen LogP contribution in [-0.2, 0) is 26.5 Å². The lowest BCUT2D eigenvalue weighted by Gasteiger charge is -2.27. The number of thiazole rings is 1. The molecule has 0 spiro atoms. The molecule has 2 aromatic heterocycles. The Morgan fingerprint density at radius 3 is 2.10 bits per heavy atom. The summed E-state index contributed by atoms with van der Waals surface area (Å²) < 4.78 is 70.7. The van der Waals surface area contributed by atoms with Gasteiger partial charge < -0.3 is 24.7 Å². The van der Waals surface area contributed by atoms with E-state index < -0.39 is 31.9 Å². The van der Waals surface area contributed by atoms with Gasteiger partial charge in [-0.25, -0.2) is 26.1 Å². The Morgan fingerprint density at radius 1 is 0.787 bits per heavy atom. The molecule has 17 heteroatoms. The SMILES string of the molecule is CCOc1ccc(NC(=O)c2cccc(-c3nc(CCN(C)S(=O)(=O)c4cc(NC(=O)c5cccc(-n6cccc6)c5)ccc4OC)cs3)c2)cc1S(=O)(=O)N1CCCCC1. The second kappa shape index (κ2) is 18.8. The molecular formula is C44H46N6O8S3. The van der Waals surface area contributed by atoms with Crippen LogP contribution in [0.2, 0.25) is 0 Å². The number of sulfonamides is 2. The van der Waals surface area contributed by atoms with Crippen molar-refractivity contribution in [1.82, 2.24) is 18.2 Å². The molecule has 318 valence electrons. The molecule has 7 rings (SSSR count). The highest BCUT2D eigenvalue weighted by Gasteiger charge is 2.30. The summed E-state index contributed by atoms with van der Waals surface area (Å²) in [6.07, 6.45) is 6.60. The summed E-state index contributed by atoms with van der Waals surface area (Å²) in [5.41, 5.74) is 3.49. The molecule has 0 radical (unpaired) electrons. The number of hydrogen-bond donors (Lipinski definition) is 2. The first kappa shape index (κ1) is 43.2. The van der Waals surface area contributed by atoms with Crippen LogP contribution in [0.4, 0.5) is 11.4 Å². The second-order valence-electron chi connectivity index (χ2n) is 14.3. The van der Waals surface area contributed by atoms with Gasteiger partial charge in [0.2, 0.25) is 20.0 Å². The zero-order valence-electron chi connectivity index (χ0n) is 33.9. The summed E-state index contributed by atoms with van der Waals surface area (Å²) in [6.45, 7) is 3.03. The number of amides is 2. The van der Waals surface area contributed by atoms with Crippen molar-refractivity contribution in [2.24, 2.45) is 0 Å². The number of methoxy groups -OCH3 is 1. The minimum absolute atomic E-state index is 0.0133. The standard InChI is InChI=1S/C44H46N6O8S3/c1-4-58-39-19-17-35(29-41(39)61(55,56)50-23-6-5-7-24-50)45-42(51)31-12-10-14-33(26-31)44-47-36(30-59-44)20-25-48(2)60(53,54)40-28-34(16-18-38(40)57-3)46-43(52)32-13-11-15-37(27-32)49-21-8-9-22-49/h8-19,21-22,26-30H,4-7,20,23-25H2,1-3H3,(H,45,51)(H,46,52). The van der Waals surface area contributed by atoms with Gasteiger partial charge in [-0.05, 0) is 98.6 Å². The van der Waals surface area contributed by atoms with Crippen LogP contribution < -0.4 is 20.1 Å². The van der Waals surface area contributed by atoms with Gasteiger partial charge >= 0.3 is 0 Å². The molecular weight excluding hydrogens is 837 g/mol. The molecule has 0 bridgehead atoms. The van der Waals surface area contributed by atoms with Crippen LogP contribution in [0.1, 0.15) is 52.6 Å². The van der Waals surface area contributed by atoms with E-state index in [2.05, 4.69) is 10.6 Å². The largest absolute Gasteiger partial charge is 0.495 e. The highest BCUT2D eigenvalue weighted by atomic mass is 32.2. The fourth-order valence-corrected chi connectivity index (χ4v) is 10.8. The summed E-state index contributed by atoms with van der Waals surface area (Å²) in [7, 11) is -5.07. The lowest BCUT2D eigenvalue weighted by molar-refractivity contribution is 0.101. The third kappa shape index (κ3) is 9.87. The van der Waals surface area contributed by atoms with Crippen molar-refractivity contribution in [3.05, 3.63) is 132 Å². The molecule has 2 amide bonds. The van der Waals surface area contributed by atoms with Crippen LogP contribution in [0.3, 0.4) is 0 Å². The average Bonchev–Trinajstić information content (AvgIpc) is 4.00. The predicted molar refractivity (Wildman–Crippen MR) is 236 cm³/mol. The Balaban J connectivity index is 1.01. The number of carbonyl (C=O) groups excluding carboxylic acids is 2. The van der Waals surface area contributed by atoms with Crippen LogP contribution >= 0.6 is 11.3 Å². The smallest absolute Gasteiger partial charge is 0.255 e. The number of anilines is 2. The summed E-state index contributed by atoms with van der Waals surface area (Å²) in [5.74, 6) is -0.469. The zero-order chi connectivity index (χ0) is 43.1. The van der Waals surface area contributed by atoms with E-state index in [1.807, 2.05) is 46.6 Å². The summed E-state index contributed by atoms with van der Waals surface area (Å²) in [5, 5.41) is 8.12. The van der Waals surface area contributed by atoms with E-state index in [0.717, 1.165) is 24.9 Å². The van der Waals surface area contributed by atoms with E-state index in [9.17, 15) is 26.4 Å². The van der Waals surface area contributed by atoms with Gasteiger partial charge in [-0.1, -0.05) is 24.6 Å². The topological polar surface area (TPSA) is 169 Å². The van der Waals surface area contributed by atoms with Gasteiger partial charge in [-0.2, -0.15) is 4.31 Å². The Bertz CT molecular complexity index is 2750. The lowest BCUT2D eigenvalue weighted by Crippen LogP contribution is -2.35. The number of piperidine rings is 1. The second-order valence-corrected chi connectivity index (χ2v) is 19.1. The van der Waals surface area contributed by atoms with Gasteiger partial charge in [-0.3, -0.25) is 9.59 Å². The molecule has 1 saturated heterocycles. The molecule has 4 aromatic carbocycles. The number of aromatic nitrogens is 2. The fourth-order valence-electron chi connectivity index (χ4n) is 6.89. The minimum Gasteiger partial charge on any atom is -0.495 e. The highest BCUT2D eigenvalue weighted by Crippen LogP contribution is 2.33. The summed E-state index contributed by atoms with van der Waals surface area (Å²) in [6, 6.07) is 26.9. The Kier molecular flexibility index (Phi) is 13.3. The number of rotatable bonds is 16. The molecule has 0 atom stereocenters. The third-order valence-electron chi connectivity index (χ3n) is 10.2. The number of likely N-dealkylation sites (N-methyl/N-ethyl adjacent to an activating group) is 1. The molecule has 61 heavy (non-hydrogen) atoms. The number of nitrogens with zero attached hydrogens (tertiary/aromatic N) is 4. The molecule has 0 saturated carbocycles. The number of hydrogen-bond acceptors (Lipinski definition) is 10. The predicted octanol–water partition coefficient (Wildman–Crippen LogP) is 7.55. The maximum atomic E-state index is 13.9. The summed E-state index contributed by atoms with van der Waals surface area (Å²) in [4.78, 5) is 31.4. The maximum absolute atomic E-state index is 13.9. The van der Waals surface area contributed by atoms with Crippen molar-refractivity contribution < 1.29 is 35.9 Å². The Hall–Kier alpha value is -5.85. The first-order valence-corrected chi connectivity index (χ1v) is 23.5. The van der Waals surface area contributed by atoms with Crippen molar-refractivity contribution >= 4 is 54.6 Å². The summed E-state index contributed by atoms with van der Waals surface area (Å²) >= 11 is 1.36. The molecule has 1 fully saturated rings. The molecule has 3 heterocycles. The van der Waals surface area contributed by atoms with Crippen molar-refractivity contribution in [3.63, 3.8) is 0 Å². The van der Waals surface area contributed by atoms with E-state index in [1.54, 1.807) is 61.5 Å². The van der Waals surface area contributed by atoms with E-state index in [1.165, 1.54) is 52.3 Å². The van der Waals surface area contributed by atoms with Crippen LogP contribution in [0.15, 0.2) is 125 Å². The van der Waals surface area contributed by atoms with E-state index in [-0.39, 0.29) is 40.1 Å². The van der Waals surface area contributed by atoms with Gasteiger partial charge in [0.15, 0.2) is 0 Å². The first-order chi connectivity index (χ1) is 29.4. The zero-order valence-corrected chi connectivity index (χ0v) is 36.4. The minimum atomic E-state index is -4.08. The highest BCUT2D eigenvalue weighted by molar-refractivity contribution is 7.89. The van der Waals surface area contributed by atoms with E-state index in [0.29, 0.717) is 52.6 Å². The van der Waals surface area contributed by atoms with Gasteiger partial charge in [0.05, 0.1) is 19.4 Å². The normalized spacial score (nSPS) is 13.5. The van der Waals surface area contributed by atoms with Crippen LogP contribution in [0.25, 0.3) is 16.3 Å². The van der Waals surface area contributed by atoms with Gasteiger partial charge in [0.25, 0.3) is 11.8 Å². The Labute approximate surface area is 359 Å². The van der Waals surface area contributed by atoms with E-state index >= 15 is 0 Å². The van der Waals surface area contributed by atoms with Gasteiger partial charge in [-0.15, -0.1) is 11.3 Å². The van der Waals surface area contributed by atoms with Crippen molar-refractivity contribution in [1.29, 1.82) is 0 Å². The molecule has 0 aliphatic carbocycles. The van der Waals surface area contributed by atoms with Crippen LogP contribution in [0, 0.1) is 0 Å². The third-order valence-corrected chi connectivity index (χ3v) is 14.9. The quantitative estimate of drug-likeness (QED) is 0.0997. The number of benzene rings is 4.